The minimum absolute atomic E-state index is 0.257. The molecule has 86 valence electrons. The van der Waals surface area contributed by atoms with Crippen LogP contribution in [0.2, 0.25) is 0 Å². The van der Waals surface area contributed by atoms with E-state index in [0.29, 0.717) is 5.92 Å². The largest absolute Gasteiger partial charge is 0.347 e. The van der Waals surface area contributed by atoms with Crippen molar-refractivity contribution in [2.75, 3.05) is 18.0 Å². The van der Waals surface area contributed by atoms with E-state index in [1.165, 1.54) is 24.4 Å². The normalized spacial score (nSPS) is 22.4. The lowest BCUT2D eigenvalue weighted by Crippen LogP contribution is -2.33. The molecule has 1 saturated heterocycles. The molecule has 1 aliphatic carbocycles. The van der Waals surface area contributed by atoms with E-state index in [4.69, 9.17) is 0 Å². The van der Waals surface area contributed by atoms with E-state index in [2.05, 4.69) is 14.3 Å². The minimum atomic E-state index is 0.257. The molecule has 0 unspecified atom stereocenters. The van der Waals surface area contributed by atoms with Gasteiger partial charge in [-0.05, 0) is 25.7 Å². The maximum Gasteiger partial charge on any atom is 0.205 e. The van der Waals surface area contributed by atoms with Gasteiger partial charge in [-0.15, -0.1) is 0 Å². The number of aldehydes is 1. The zero-order valence-electron chi connectivity index (χ0n) is 9.13. The Morgan fingerprint density at radius 1 is 1.25 bits per heavy atom. The lowest BCUT2D eigenvalue weighted by Gasteiger charge is -2.28. The predicted octanol–water partition coefficient (Wildman–Crippen LogP) is 1.83. The molecule has 4 nitrogen and oxygen atoms in total. The van der Waals surface area contributed by atoms with Crippen LogP contribution in [0.3, 0.4) is 0 Å². The van der Waals surface area contributed by atoms with E-state index in [1.54, 1.807) is 0 Å². The van der Waals surface area contributed by atoms with E-state index >= 15 is 0 Å². The van der Waals surface area contributed by atoms with Crippen molar-refractivity contribution in [3.05, 3.63) is 5.82 Å². The number of piperidine rings is 1. The van der Waals surface area contributed by atoms with Gasteiger partial charge in [-0.25, -0.2) is 4.98 Å². The van der Waals surface area contributed by atoms with Crippen molar-refractivity contribution in [3.8, 4) is 0 Å². The van der Waals surface area contributed by atoms with Gasteiger partial charge in [0.05, 0.1) is 0 Å². The van der Waals surface area contributed by atoms with Gasteiger partial charge in [-0.2, -0.15) is 4.37 Å². The first-order valence-electron chi connectivity index (χ1n) is 5.90. The monoisotopic (exact) mass is 237 g/mol. The summed E-state index contributed by atoms with van der Waals surface area (Å²) in [5, 5.41) is 1.05. The van der Waals surface area contributed by atoms with Crippen LogP contribution in [-0.2, 0) is 4.79 Å². The molecule has 1 aromatic rings. The minimum Gasteiger partial charge on any atom is -0.347 e. The molecular weight excluding hydrogens is 222 g/mol. The highest BCUT2D eigenvalue weighted by Crippen LogP contribution is 2.40. The van der Waals surface area contributed by atoms with Gasteiger partial charge in [0.15, 0.2) is 0 Å². The number of rotatable bonds is 3. The fraction of sp³-hybridized carbons (Fsp3) is 0.727. The fourth-order valence-corrected chi connectivity index (χ4v) is 2.89. The van der Waals surface area contributed by atoms with Crippen molar-refractivity contribution in [1.29, 1.82) is 0 Å². The second-order valence-corrected chi connectivity index (χ2v) is 5.40. The number of carbonyl (C=O) groups is 1. The van der Waals surface area contributed by atoms with Crippen molar-refractivity contribution < 1.29 is 4.79 Å². The van der Waals surface area contributed by atoms with Crippen LogP contribution in [0.1, 0.15) is 37.4 Å². The van der Waals surface area contributed by atoms with Crippen LogP contribution in [0.15, 0.2) is 0 Å². The molecular formula is C11H15N3OS. The average Bonchev–Trinajstić information content (AvgIpc) is 3.08. The van der Waals surface area contributed by atoms with Gasteiger partial charge < -0.3 is 9.69 Å². The number of aromatic nitrogens is 2. The van der Waals surface area contributed by atoms with E-state index in [1.807, 2.05) is 0 Å². The highest BCUT2D eigenvalue weighted by atomic mass is 32.1. The third-order valence-corrected chi connectivity index (χ3v) is 4.17. The number of anilines is 1. The summed E-state index contributed by atoms with van der Waals surface area (Å²) in [6.45, 7) is 1.89. The number of carbonyl (C=O) groups excluding carboxylic acids is 1. The van der Waals surface area contributed by atoms with Crippen LogP contribution in [0.4, 0.5) is 5.13 Å². The summed E-state index contributed by atoms with van der Waals surface area (Å²) in [4.78, 5) is 17.5. The maximum absolute atomic E-state index is 10.7. The molecule has 16 heavy (non-hydrogen) atoms. The van der Waals surface area contributed by atoms with Crippen molar-refractivity contribution >= 4 is 23.0 Å². The molecule has 3 rings (SSSR count). The van der Waals surface area contributed by atoms with Gasteiger partial charge >= 0.3 is 0 Å². The molecule has 2 heterocycles. The summed E-state index contributed by atoms with van der Waals surface area (Å²) in [5.41, 5.74) is 0. The first-order valence-corrected chi connectivity index (χ1v) is 6.68. The van der Waals surface area contributed by atoms with Crippen molar-refractivity contribution in [3.63, 3.8) is 0 Å². The molecule has 1 aliphatic heterocycles. The first kappa shape index (κ1) is 10.2. The highest BCUT2D eigenvalue weighted by Gasteiger charge is 2.29. The van der Waals surface area contributed by atoms with E-state index in [9.17, 15) is 4.79 Å². The number of hydrogen-bond acceptors (Lipinski definition) is 5. The summed E-state index contributed by atoms with van der Waals surface area (Å²) < 4.78 is 4.41. The highest BCUT2D eigenvalue weighted by molar-refractivity contribution is 7.09. The molecule has 1 saturated carbocycles. The summed E-state index contributed by atoms with van der Waals surface area (Å²) in [6.07, 6.45) is 5.52. The van der Waals surface area contributed by atoms with Crippen LogP contribution >= 0.6 is 11.5 Å². The van der Waals surface area contributed by atoms with Crippen molar-refractivity contribution in [2.45, 2.75) is 31.6 Å². The Kier molecular flexibility index (Phi) is 2.63. The Bertz CT molecular complexity index is 380. The van der Waals surface area contributed by atoms with E-state index in [0.717, 1.165) is 43.2 Å². The predicted molar refractivity (Wildman–Crippen MR) is 62.9 cm³/mol. The molecule has 0 aromatic carbocycles. The Morgan fingerprint density at radius 3 is 2.62 bits per heavy atom. The number of hydrogen-bond donors (Lipinski definition) is 0. The van der Waals surface area contributed by atoms with E-state index in [-0.39, 0.29) is 5.92 Å². The van der Waals surface area contributed by atoms with Crippen LogP contribution < -0.4 is 4.90 Å². The molecule has 2 aliphatic rings. The van der Waals surface area contributed by atoms with Crippen LogP contribution in [0.25, 0.3) is 0 Å². The number of nitrogens with zero attached hydrogens (tertiary/aromatic N) is 3. The lowest BCUT2D eigenvalue weighted by molar-refractivity contribution is -0.111. The Balaban J connectivity index is 1.65. The fourth-order valence-electron chi connectivity index (χ4n) is 2.09. The molecule has 0 bridgehead atoms. The zero-order valence-corrected chi connectivity index (χ0v) is 9.95. The smallest absolute Gasteiger partial charge is 0.205 e. The molecule has 1 aromatic heterocycles. The second-order valence-electron chi connectivity index (χ2n) is 4.67. The van der Waals surface area contributed by atoms with Crippen LogP contribution in [0.5, 0.6) is 0 Å². The van der Waals surface area contributed by atoms with Gasteiger partial charge in [0, 0.05) is 36.5 Å². The van der Waals surface area contributed by atoms with Gasteiger partial charge in [0.2, 0.25) is 5.13 Å². The molecule has 0 atom stereocenters. The second kappa shape index (κ2) is 4.13. The Morgan fingerprint density at radius 2 is 2.00 bits per heavy atom. The van der Waals surface area contributed by atoms with Crippen molar-refractivity contribution in [2.24, 2.45) is 5.92 Å². The molecule has 0 spiro atoms. The molecule has 0 radical (unpaired) electrons. The third-order valence-electron chi connectivity index (χ3n) is 3.38. The molecule has 2 fully saturated rings. The first-order chi connectivity index (χ1) is 7.86. The van der Waals surface area contributed by atoms with E-state index < -0.39 is 0 Å². The quantitative estimate of drug-likeness (QED) is 0.752. The molecule has 0 N–H and O–H groups in total. The maximum atomic E-state index is 10.7. The summed E-state index contributed by atoms with van der Waals surface area (Å²) >= 11 is 1.51. The van der Waals surface area contributed by atoms with Gasteiger partial charge in [0.1, 0.15) is 12.1 Å². The summed E-state index contributed by atoms with van der Waals surface area (Å²) in [7, 11) is 0. The van der Waals surface area contributed by atoms with Gasteiger partial charge in [0.25, 0.3) is 0 Å². The molecule has 0 amide bonds. The SMILES string of the molecule is O=CC1CCN(c2nc(C3CC3)ns2)CC1. The lowest BCUT2D eigenvalue weighted by atomic mass is 9.99. The van der Waals surface area contributed by atoms with Crippen LogP contribution in [-0.4, -0.2) is 28.7 Å². The van der Waals surface area contributed by atoms with Crippen molar-refractivity contribution in [1.82, 2.24) is 9.36 Å². The topological polar surface area (TPSA) is 46.1 Å². The van der Waals surface area contributed by atoms with Crippen LogP contribution in [0, 0.1) is 5.92 Å². The Hall–Kier alpha value is -0.970. The van der Waals surface area contributed by atoms with Gasteiger partial charge in [-0.3, -0.25) is 0 Å². The summed E-state index contributed by atoms with van der Waals surface area (Å²) in [6, 6.07) is 0. The summed E-state index contributed by atoms with van der Waals surface area (Å²) in [5.74, 6) is 1.93. The standard InChI is InChI=1S/C11H15N3OS/c15-7-8-3-5-14(6-4-8)11-12-10(13-16-11)9-1-2-9/h7-9H,1-6H2. The average molecular weight is 237 g/mol. The zero-order chi connectivity index (χ0) is 11.0. The Labute approximate surface area is 98.8 Å². The third kappa shape index (κ3) is 1.96. The molecule has 5 heteroatoms. The van der Waals surface area contributed by atoms with Gasteiger partial charge in [-0.1, -0.05) is 0 Å².